The fraction of sp³-hybridized carbons (Fsp3) is 0.321. The van der Waals surface area contributed by atoms with Gasteiger partial charge in [0.05, 0.1) is 19.8 Å². The molecule has 0 spiro atoms. The second-order valence-electron chi connectivity index (χ2n) is 8.95. The molecule has 3 aromatic rings. The summed E-state index contributed by atoms with van der Waals surface area (Å²) in [4.78, 5) is 12.2. The van der Waals surface area contributed by atoms with Gasteiger partial charge in [0.1, 0.15) is 30.1 Å². The minimum absolute atomic E-state index is 0.0581. The van der Waals surface area contributed by atoms with Crippen LogP contribution in [0.5, 0.6) is 5.75 Å². The molecular weight excluding hydrogens is 526 g/mol. The minimum Gasteiger partial charge on any atom is -0.463 e. The Morgan fingerprint density at radius 2 is 1.44 bits per heavy atom. The summed E-state index contributed by atoms with van der Waals surface area (Å²) in [6.07, 6.45) is -4.67. The van der Waals surface area contributed by atoms with Crippen molar-refractivity contribution in [3.63, 3.8) is 0 Å². The largest absolute Gasteiger partial charge is 0.463 e. The lowest BCUT2D eigenvalue weighted by Gasteiger charge is -2.45. The summed E-state index contributed by atoms with van der Waals surface area (Å²) in [7, 11) is -4.95. The van der Waals surface area contributed by atoms with Gasteiger partial charge < -0.3 is 24.3 Å². The molecule has 5 atom stereocenters. The molecule has 0 aromatic heterocycles. The molecule has 3 aromatic carbocycles. The topological polar surface area (TPSA) is 130 Å². The lowest BCUT2D eigenvalue weighted by molar-refractivity contribution is -0.253. The number of nitrogens with one attached hydrogen (secondary N) is 1. The van der Waals surface area contributed by atoms with Crippen molar-refractivity contribution in [3.8, 4) is 5.75 Å². The van der Waals surface area contributed by atoms with Crippen LogP contribution in [0.4, 0.5) is 0 Å². The average molecular weight is 558 g/mol. The summed E-state index contributed by atoms with van der Waals surface area (Å²) < 4.78 is 62.8. The highest BCUT2D eigenvalue weighted by Crippen LogP contribution is 2.30. The molecule has 1 heterocycles. The summed E-state index contributed by atoms with van der Waals surface area (Å²) in [6, 6.07) is 26.4. The van der Waals surface area contributed by atoms with Crippen molar-refractivity contribution in [1.29, 1.82) is 0 Å². The van der Waals surface area contributed by atoms with E-state index >= 15 is 0 Å². The van der Waals surface area contributed by atoms with Gasteiger partial charge in [-0.05, 0) is 23.3 Å². The first-order chi connectivity index (χ1) is 18.8. The van der Waals surface area contributed by atoms with Crippen molar-refractivity contribution in [2.24, 2.45) is 0 Å². The quantitative estimate of drug-likeness (QED) is 0.322. The van der Waals surface area contributed by atoms with Crippen molar-refractivity contribution >= 4 is 16.3 Å². The molecule has 0 bridgehead atoms. The Labute approximate surface area is 227 Å². The van der Waals surface area contributed by atoms with E-state index in [1.165, 1.54) is 6.92 Å². The molecule has 2 unspecified atom stereocenters. The first kappa shape index (κ1) is 28.7. The summed E-state index contributed by atoms with van der Waals surface area (Å²) in [5.41, 5.74) is 1.69. The van der Waals surface area contributed by atoms with Crippen molar-refractivity contribution in [1.82, 2.24) is 5.32 Å². The number of ether oxygens (including phenoxy) is 4. The zero-order valence-electron chi connectivity index (χ0n) is 21.3. The van der Waals surface area contributed by atoms with Gasteiger partial charge in [-0.3, -0.25) is 9.35 Å². The average Bonchev–Trinajstić information content (AvgIpc) is 2.91. The predicted molar refractivity (Wildman–Crippen MR) is 141 cm³/mol. The van der Waals surface area contributed by atoms with Crippen LogP contribution in [0.25, 0.3) is 0 Å². The Morgan fingerprint density at radius 3 is 2.00 bits per heavy atom. The molecule has 1 amide bonds. The van der Waals surface area contributed by atoms with Crippen LogP contribution in [0.2, 0.25) is 0 Å². The van der Waals surface area contributed by atoms with E-state index in [9.17, 15) is 17.8 Å². The molecule has 39 heavy (non-hydrogen) atoms. The molecule has 0 saturated carbocycles. The molecule has 0 aliphatic carbocycles. The van der Waals surface area contributed by atoms with Crippen molar-refractivity contribution in [2.45, 2.75) is 50.8 Å². The fourth-order valence-corrected chi connectivity index (χ4v) is 4.76. The number of hydrogen-bond acceptors (Lipinski definition) is 8. The second-order valence-corrected chi connectivity index (χ2v) is 10.00. The number of rotatable bonds is 12. The fourth-order valence-electron chi connectivity index (χ4n) is 4.25. The van der Waals surface area contributed by atoms with Crippen molar-refractivity contribution in [2.75, 3.05) is 6.61 Å². The van der Waals surface area contributed by atoms with E-state index in [-0.39, 0.29) is 19.8 Å². The van der Waals surface area contributed by atoms with Crippen LogP contribution in [-0.4, -0.2) is 56.1 Å². The van der Waals surface area contributed by atoms with Crippen LogP contribution >= 0.6 is 0 Å². The van der Waals surface area contributed by atoms with Crippen LogP contribution in [0.3, 0.4) is 0 Å². The Bertz CT molecular complexity index is 1280. The third-order valence-corrected chi connectivity index (χ3v) is 6.39. The van der Waals surface area contributed by atoms with Gasteiger partial charge in [0.2, 0.25) is 12.2 Å². The monoisotopic (exact) mass is 557 g/mol. The van der Waals surface area contributed by atoms with Gasteiger partial charge in [-0.15, -0.1) is 0 Å². The van der Waals surface area contributed by atoms with E-state index in [0.717, 1.165) is 11.1 Å². The first-order valence-electron chi connectivity index (χ1n) is 12.4. The first-order valence-corrected chi connectivity index (χ1v) is 13.7. The number of para-hydroxylation sites is 1. The molecule has 1 aliphatic heterocycles. The van der Waals surface area contributed by atoms with Crippen LogP contribution < -0.4 is 10.1 Å². The van der Waals surface area contributed by atoms with Gasteiger partial charge in [0.25, 0.3) is 0 Å². The second kappa shape index (κ2) is 13.7. The summed E-state index contributed by atoms with van der Waals surface area (Å²) in [5, 5.41) is 2.75. The maximum Gasteiger partial charge on any atom is 0.397 e. The maximum atomic E-state index is 12.2. The summed E-state index contributed by atoms with van der Waals surface area (Å²) in [5.74, 6) is 0.0284. The van der Waals surface area contributed by atoms with E-state index < -0.39 is 46.9 Å². The highest BCUT2D eigenvalue weighted by Gasteiger charge is 2.51. The van der Waals surface area contributed by atoms with Crippen LogP contribution in [0.1, 0.15) is 18.1 Å². The highest BCUT2D eigenvalue weighted by molar-refractivity contribution is 7.80. The third-order valence-electron chi connectivity index (χ3n) is 5.92. The standard InChI is InChI=1S/C28H31NO9S/c1-20(30)29-25-27(35-18-22-13-7-3-8-14-22)26(38-39(31,32)33)24(19-34-17-21-11-5-2-6-12-21)37-28(25)36-23-15-9-4-10-16-23/h2-16,24-28H,17-19H2,1H3,(H,29,30)(H,31,32,33)/t24?,25?,26-,27+,28+/m0/s1. The third kappa shape index (κ3) is 8.85. The Morgan fingerprint density at radius 1 is 0.872 bits per heavy atom. The zero-order valence-corrected chi connectivity index (χ0v) is 22.1. The summed E-state index contributed by atoms with van der Waals surface area (Å²) in [6.45, 7) is 1.46. The normalized spacial score (nSPS) is 23.2. The van der Waals surface area contributed by atoms with Crippen molar-refractivity contribution < 1.29 is 40.9 Å². The molecule has 1 fully saturated rings. The van der Waals surface area contributed by atoms with Gasteiger partial charge in [-0.1, -0.05) is 78.9 Å². The van der Waals surface area contributed by atoms with E-state index in [2.05, 4.69) is 5.32 Å². The van der Waals surface area contributed by atoms with E-state index in [1.54, 1.807) is 24.3 Å². The Kier molecular flexibility index (Phi) is 10.0. The highest BCUT2D eigenvalue weighted by atomic mass is 32.3. The van der Waals surface area contributed by atoms with Crippen LogP contribution in [0.15, 0.2) is 91.0 Å². The Hall–Kier alpha value is -3.32. The Balaban J connectivity index is 1.65. The van der Waals surface area contributed by atoms with Crippen LogP contribution in [-0.2, 0) is 46.8 Å². The zero-order chi connectivity index (χ0) is 27.7. The number of carbonyl (C=O) groups is 1. The van der Waals surface area contributed by atoms with E-state index in [4.69, 9.17) is 23.1 Å². The molecule has 0 radical (unpaired) electrons. The minimum atomic E-state index is -4.95. The summed E-state index contributed by atoms with van der Waals surface area (Å²) >= 11 is 0. The molecule has 1 aliphatic rings. The van der Waals surface area contributed by atoms with Gasteiger partial charge in [0, 0.05) is 6.92 Å². The maximum absolute atomic E-state index is 12.2. The number of hydrogen-bond donors (Lipinski definition) is 2. The van der Waals surface area contributed by atoms with Crippen LogP contribution in [0, 0.1) is 0 Å². The van der Waals surface area contributed by atoms with Gasteiger partial charge in [-0.2, -0.15) is 8.42 Å². The smallest absolute Gasteiger partial charge is 0.397 e. The lowest BCUT2D eigenvalue weighted by Crippen LogP contribution is -2.67. The predicted octanol–water partition coefficient (Wildman–Crippen LogP) is 3.29. The van der Waals surface area contributed by atoms with Gasteiger partial charge in [-0.25, -0.2) is 4.18 Å². The van der Waals surface area contributed by atoms with E-state index in [1.807, 2.05) is 66.7 Å². The molecule has 208 valence electrons. The molecule has 10 nitrogen and oxygen atoms in total. The molecule has 4 rings (SSSR count). The molecule has 2 N–H and O–H groups in total. The molecular formula is C28H31NO9S. The molecule has 1 saturated heterocycles. The van der Waals surface area contributed by atoms with Gasteiger partial charge >= 0.3 is 10.4 Å². The SMILES string of the molecule is CC(=O)NC1[C@H](Oc2ccccc2)OC(COCc2ccccc2)[C@H](OS(=O)(=O)O)[C@@H]1OCc1ccccc1. The van der Waals surface area contributed by atoms with Crippen molar-refractivity contribution in [3.05, 3.63) is 102 Å². The number of carbonyl (C=O) groups excluding carboxylic acids is 1. The van der Waals surface area contributed by atoms with Gasteiger partial charge in [0.15, 0.2) is 0 Å². The lowest BCUT2D eigenvalue weighted by atomic mass is 9.96. The molecule has 11 heteroatoms. The number of benzene rings is 3. The number of amides is 1. The van der Waals surface area contributed by atoms with E-state index in [0.29, 0.717) is 5.75 Å².